The van der Waals surface area contributed by atoms with E-state index in [1.807, 2.05) is 30.5 Å². The lowest BCUT2D eigenvalue weighted by molar-refractivity contribution is 0.475. The Labute approximate surface area is 123 Å². The Morgan fingerprint density at radius 1 is 0.619 bits per heavy atom. The Bertz CT molecular complexity index is 802. The summed E-state index contributed by atoms with van der Waals surface area (Å²) in [4.78, 5) is 4.41. The maximum Gasteiger partial charge on any atom is 0.115 e. The molecule has 0 bridgehead atoms. The predicted octanol–water partition coefficient (Wildman–Crippen LogP) is 4.78. The first kappa shape index (κ1) is 13.1. The minimum Gasteiger partial charge on any atom is -0.508 e. The highest BCUT2D eigenvalue weighted by atomic mass is 16.3. The van der Waals surface area contributed by atoms with Crippen molar-refractivity contribution in [3.8, 4) is 5.75 Å². The number of fused-ring (bicyclic) bond motifs is 3. The molecule has 102 valence electrons. The zero-order valence-corrected chi connectivity index (χ0v) is 11.5. The molecule has 0 aliphatic heterocycles. The number of phenolic OH excluding ortho intramolecular Hbond substituents is 1. The lowest BCUT2D eigenvalue weighted by atomic mass is 10.1. The molecule has 0 atom stereocenters. The van der Waals surface area contributed by atoms with Gasteiger partial charge in [-0.1, -0.05) is 60.7 Å². The van der Waals surface area contributed by atoms with Gasteiger partial charge in [0.05, 0.1) is 5.52 Å². The van der Waals surface area contributed by atoms with Gasteiger partial charge in [-0.05, 0) is 23.6 Å². The molecule has 2 heteroatoms. The molecule has 0 aliphatic rings. The van der Waals surface area contributed by atoms with E-state index < -0.39 is 0 Å². The van der Waals surface area contributed by atoms with Crippen molar-refractivity contribution in [2.75, 3.05) is 0 Å². The number of para-hydroxylation sites is 2. The van der Waals surface area contributed by atoms with Crippen LogP contribution in [0.2, 0.25) is 0 Å². The van der Waals surface area contributed by atoms with Crippen molar-refractivity contribution in [2.24, 2.45) is 0 Å². The second-order valence-electron chi connectivity index (χ2n) is 4.70. The van der Waals surface area contributed by atoms with Gasteiger partial charge < -0.3 is 5.11 Å². The van der Waals surface area contributed by atoms with Gasteiger partial charge in [-0.2, -0.15) is 0 Å². The molecule has 0 saturated carbocycles. The van der Waals surface area contributed by atoms with Crippen molar-refractivity contribution in [3.63, 3.8) is 0 Å². The predicted molar refractivity (Wildman–Crippen MR) is 87.4 cm³/mol. The number of nitrogens with zero attached hydrogens (tertiary/aromatic N) is 1. The fourth-order valence-corrected chi connectivity index (χ4v) is 2.24. The molecule has 3 aromatic carbocycles. The van der Waals surface area contributed by atoms with E-state index in [4.69, 9.17) is 5.11 Å². The summed E-state index contributed by atoms with van der Waals surface area (Å²) in [6.45, 7) is 0. The Morgan fingerprint density at radius 3 is 1.95 bits per heavy atom. The Morgan fingerprint density at radius 2 is 1.24 bits per heavy atom. The molecule has 21 heavy (non-hydrogen) atoms. The summed E-state index contributed by atoms with van der Waals surface area (Å²) in [7, 11) is 0. The third-order valence-electron chi connectivity index (χ3n) is 3.25. The van der Waals surface area contributed by atoms with E-state index in [9.17, 15) is 0 Å². The smallest absolute Gasteiger partial charge is 0.115 e. The highest BCUT2D eigenvalue weighted by molar-refractivity contribution is 6.05. The van der Waals surface area contributed by atoms with Gasteiger partial charge >= 0.3 is 0 Å². The summed E-state index contributed by atoms with van der Waals surface area (Å²) in [5, 5.41) is 12.3. The van der Waals surface area contributed by atoms with Gasteiger partial charge in [0.1, 0.15) is 5.75 Å². The van der Waals surface area contributed by atoms with Gasteiger partial charge in [-0.3, -0.25) is 4.98 Å². The number of aromatic hydroxyl groups is 1. The quantitative estimate of drug-likeness (QED) is 0.468. The molecule has 0 spiro atoms. The van der Waals surface area contributed by atoms with Crippen molar-refractivity contribution < 1.29 is 5.11 Å². The first-order valence-electron chi connectivity index (χ1n) is 6.81. The number of hydrogen-bond acceptors (Lipinski definition) is 2. The molecule has 2 nitrogen and oxygen atoms in total. The van der Waals surface area contributed by atoms with Crippen LogP contribution in [-0.4, -0.2) is 10.1 Å². The van der Waals surface area contributed by atoms with Gasteiger partial charge in [-0.25, -0.2) is 0 Å². The molecule has 0 saturated heterocycles. The minimum absolute atomic E-state index is 0.322. The summed E-state index contributed by atoms with van der Waals surface area (Å²) in [6.07, 6.45) is 1.93. The van der Waals surface area contributed by atoms with E-state index in [0.717, 1.165) is 5.52 Å². The van der Waals surface area contributed by atoms with Crippen LogP contribution in [0.1, 0.15) is 0 Å². The number of phenols is 1. The maximum absolute atomic E-state index is 8.63. The highest BCUT2D eigenvalue weighted by Crippen LogP contribution is 2.22. The second kappa shape index (κ2) is 6.06. The fourth-order valence-electron chi connectivity index (χ4n) is 2.24. The van der Waals surface area contributed by atoms with Crippen molar-refractivity contribution in [3.05, 3.63) is 85.1 Å². The number of pyridine rings is 1. The topological polar surface area (TPSA) is 33.1 Å². The van der Waals surface area contributed by atoms with Crippen LogP contribution in [-0.2, 0) is 0 Å². The lowest BCUT2D eigenvalue weighted by Crippen LogP contribution is -1.80. The molecule has 0 unspecified atom stereocenters. The van der Waals surface area contributed by atoms with Crippen LogP contribution in [0.5, 0.6) is 5.75 Å². The standard InChI is InChI=1S/C13H9N.C6H6O/c1-2-6-11-10(5-1)9-14-13-8-4-3-7-12(11)13;7-6-4-2-1-3-5-6/h1-9H;1-5,7H. The van der Waals surface area contributed by atoms with Crippen molar-refractivity contribution in [1.29, 1.82) is 0 Å². The largest absolute Gasteiger partial charge is 0.508 e. The van der Waals surface area contributed by atoms with Crippen LogP contribution in [0.3, 0.4) is 0 Å². The maximum atomic E-state index is 8.63. The molecule has 0 radical (unpaired) electrons. The lowest BCUT2D eigenvalue weighted by Gasteiger charge is -2.01. The van der Waals surface area contributed by atoms with Crippen LogP contribution >= 0.6 is 0 Å². The Balaban J connectivity index is 0.000000160. The summed E-state index contributed by atoms with van der Waals surface area (Å²) >= 11 is 0. The summed E-state index contributed by atoms with van der Waals surface area (Å²) < 4.78 is 0. The average Bonchev–Trinajstić information content (AvgIpc) is 2.56. The molecule has 1 aromatic heterocycles. The van der Waals surface area contributed by atoms with Crippen molar-refractivity contribution in [2.45, 2.75) is 0 Å². The first-order valence-corrected chi connectivity index (χ1v) is 6.81. The molecule has 1 heterocycles. The van der Waals surface area contributed by atoms with E-state index >= 15 is 0 Å². The van der Waals surface area contributed by atoms with Crippen LogP contribution in [0.25, 0.3) is 21.7 Å². The number of benzene rings is 3. The molecule has 0 aliphatic carbocycles. The summed E-state index contributed by atoms with van der Waals surface area (Å²) in [5.74, 6) is 0.322. The van der Waals surface area contributed by atoms with Gasteiger partial charge in [0.15, 0.2) is 0 Å². The fraction of sp³-hybridized carbons (Fsp3) is 0. The van der Waals surface area contributed by atoms with Gasteiger partial charge in [0, 0.05) is 17.0 Å². The van der Waals surface area contributed by atoms with Crippen LogP contribution in [0.4, 0.5) is 0 Å². The first-order chi connectivity index (χ1) is 10.3. The Kier molecular flexibility index (Phi) is 3.79. The third-order valence-corrected chi connectivity index (χ3v) is 3.25. The molecule has 0 amide bonds. The van der Waals surface area contributed by atoms with Crippen LogP contribution in [0, 0.1) is 0 Å². The van der Waals surface area contributed by atoms with Gasteiger partial charge in [0.25, 0.3) is 0 Å². The number of aromatic nitrogens is 1. The molecule has 4 aromatic rings. The second-order valence-corrected chi connectivity index (χ2v) is 4.70. The SMILES string of the molecule is Oc1ccccc1.c1ccc2c(c1)cnc1ccccc12. The molecule has 4 rings (SSSR count). The summed E-state index contributed by atoms with van der Waals surface area (Å²) in [5.41, 5.74) is 1.06. The zero-order valence-electron chi connectivity index (χ0n) is 11.5. The van der Waals surface area contributed by atoms with E-state index in [1.165, 1.54) is 16.2 Å². The van der Waals surface area contributed by atoms with E-state index in [-0.39, 0.29) is 0 Å². The zero-order chi connectivity index (χ0) is 14.5. The molecular formula is C19H15NO. The molecule has 0 fully saturated rings. The van der Waals surface area contributed by atoms with Crippen LogP contribution in [0.15, 0.2) is 85.1 Å². The molecular weight excluding hydrogens is 258 g/mol. The normalized spacial score (nSPS) is 10.1. The monoisotopic (exact) mass is 273 g/mol. The van der Waals surface area contributed by atoms with Gasteiger partial charge in [0.2, 0.25) is 0 Å². The number of hydrogen-bond donors (Lipinski definition) is 1. The summed E-state index contributed by atoms with van der Waals surface area (Å²) in [6, 6.07) is 25.3. The minimum atomic E-state index is 0.322. The van der Waals surface area contributed by atoms with E-state index in [1.54, 1.807) is 24.3 Å². The molecule has 1 N–H and O–H groups in total. The van der Waals surface area contributed by atoms with Crippen LogP contribution < -0.4 is 0 Å². The van der Waals surface area contributed by atoms with E-state index in [0.29, 0.717) is 5.75 Å². The number of rotatable bonds is 0. The van der Waals surface area contributed by atoms with Gasteiger partial charge in [-0.15, -0.1) is 0 Å². The highest BCUT2D eigenvalue weighted by Gasteiger charge is 1.98. The Hall–Kier alpha value is -2.87. The van der Waals surface area contributed by atoms with Crippen molar-refractivity contribution >= 4 is 21.7 Å². The third kappa shape index (κ3) is 3.00. The van der Waals surface area contributed by atoms with E-state index in [2.05, 4.69) is 35.3 Å². The average molecular weight is 273 g/mol. The van der Waals surface area contributed by atoms with Crippen molar-refractivity contribution in [1.82, 2.24) is 4.98 Å².